The molecule has 0 saturated carbocycles. The van der Waals surface area contributed by atoms with Crippen molar-refractivity contribution in [2.45, 2.75) is 26.2 Å². The average molecular weight is 880 g/mol. The summed E-state index contributed by atoms with van der Waals surface area (Å²) < 4.78 is 7.34. The molecule has 0 aliphatic carbocycles. The van der Waals surface area contributed by atoms with Crippen LogP contribution in [-0.4, -0.2) is 13.5 Å². The molecular weight excluding hydrogens is 835 g/mol. The van der Waals surface area contributed by atoms with Crippen molar-refractivity contribution in [2.24, 2.45) is 0 Å². The second-order valence-electron chi connectivity index (χ2n) is 20.2. The fourth-order valence-corrected chi connectivity index (χ4v) is 11.8. The molecule has 3 nitrogen and oxygen atoms in total. The van der Waals surface area contributed by atoms with E-state index in [0.29, 0.717) is 0 Å². The van der Waals surface area contributed by atoms with Crippen LogP contribution in [0.3, 0.4) is 0 Å². The molecule has 324 valence electrons. The van der Waals surface area contributed by atoms with Crippen LogP contribution in [0.4, 0.5) is 0 Å². The molecule has 0 N–H and O–H groups in total. The SMILES string of the molecule is CC(C)(C)c1cc2c3cc4ccc(-c5ccc6c(c5)c5ccccc5n6-c5ccccc5)cc4cc3n3c4cc5cc(-c6ccc7c(c6)c6ccccc6n7-c6ccccc6)ccc5cc4c(c1)c23. The van der Waals surface area contributed by atoms with Crippen LogP contribution in [0.1, 0.15) is 26.3 Å². The van der Waals surface area contributed by atoms with Crippen molar-refractivity contribution in [2.75, 3.05) is 0 Å². The van der Waals surface area contributed by atoms with Crippen molar-refractivity contribution < 1.29 is 0 Å². The van der Waals surface area contributed by atoms with E-state index in [-0.39, 0.29) is 5.41 Å². The van der Waals surface area contributed by atoms with E-state index < -0.39 is 0 Å². The van der Waals surface area contributed by atoms with Crippen molar-refractivity contribution in [1.82, 2.24) is 13.5 Å². The fraction of sp³-hybridized carbons (Fsp3) is 0.0606. The Kier molecular flexibility index (Phi) is 7.77. The van der Waals surface area contributed by atoms with Crippen LogP contribution in [0.25, 0.3) is 137 Å². The van der Waals surface area contributed by atoms with Gasteiger partial charge in [-0.25, -0.2) is 0 Å². The summed E-state index contributed by atoms with van der Waals surface area (Å²) in [6.07, 6.45) is 0. The van der Waals surface area contributed by atoms with Gasteiger partial charge in [0.15, 0.2) is 0 Å². The third kappa shape index (κ3) is 5.56. The standard InChI is InChI=1S/C66H45N3/c1-66(2,3)48-38-57-55-34-44-24-22-40(42-26-28-61-53(32-42)51-18-10-12-20-59(51)67(61)49-14-6-4-7-15-49)30-46(44)36-63(55)69-64-37-47-31-41(23-25-45(47)35-56(64)58(39-48)65(57)69)43-27-29-62-54(33-43)52-19-11-13-21-60(52)68(62)50-16-8-5-9-17-50/h4-39H,1-3H3. The zero-order valence-corrected chi connectivity index (χ0v) is 38.6. The van der Waals surface area contributed by atoms with Crippen LogP contribution in [0.15, 0.2) is 218 Å². The maximum atomic E-state index is 2.56. The van der Waals surface area contributed by atoms with Gasteiger partial charge >= 0.3 is 0 Å². The third-order valence-corrected chi connectivity index (χ3v) is 15.2. The molecule has 15 aromatic rings. The average Bonchev–Trinajstić information content (AvgIpc) is 4.10. The number of nitrogens with zero attached hydrogens (tertiary/aromatic N) is 3. The van der Waals surface area contributed by atoms with Crippen LogP contribution < -0.4 is 0 Å². The van der Waals surface area contributed by atoms with Crippen LogP contribution >= 0.6 is 0 Å². The van der Waals surface area contributed by atoms with Crippen molar-refractivity contribution in [3.8, 4) is 33.6 Å². The molecule has 0 aliphatic rings. The van der Waals surface area contributed by atoms with Gasteiger partial charge in [0.1, 0.15) is 0 Å². The van der Waals surface area contributed by atoms with Crippen LogP contribution in [0.2, 0.25) is 0 Å². The van der Waals surface area contributed by atoms with Crippen molar-refractivity contribution in [1.29, 1.82) is 0 Å². The zero-order valence-electron chi connectivity index (χ0n) is 38.6. The Balaban J connectivity index is 0.915. The normalized spacial score (nSPS) is 12.6. The highest BCUT2D eigenvalue weighted by molar-refractivity contribution is 6.26. The topological polar surface area (TPSA) is 14.3 Å². The second kappa shape index (κ2) is 13.9. The van der Waals surface area contributed by atoms with Crippen LogP contribution in [0.5, 0.6) is 0 Å². The summed E-state index contributed by atoms with van der Waals surface area (Å²) in [6.45, 7) is 7.01. The molecule has 0 fully saturated rings. The van der Waals surface area contributed by atoms with E-state index in [0.717, 1.165) is 0 Å². The molecule has 0 amide bonds. The lowest BCUT2D eigenvalue weighted by atomic mass is 9.85. The van der Waals surface area contributed by atoms with Gasteiger partial charge < -0.3 is 13.5 Å². The zero-order chi connectivity index (χ0) is 45.7. The molecule has 0 radical (unpaired) electrons. The summed E-state index contributed by atoms with van der Waals surface area (Å²) in [7, 11) is 0. The molecule has 0 spiro atoms. The minimum absolute atomic E-state index is 0.0115. The van der Waals surface area contributed by atoms with Crippen molar-refractivity contribution in [3.63, 3.8) is 0 Å². The highest BCUT2D eigenvalue weighted by Gasteiger charge is 2.24. The Bertz CT molecular complexity index is 4330. The van der Waals surface area contributed by atoms with Gasteiger partial charge in [-0.1, -0.05) is 130 Å². The minimum Gasteiger partial charge on any atom is -0.309 e. The number of hydrogen-bond donors (Lipinski definition) is 0. The van der Waals surface area contributed by atoms with E-state index in [1.165, 1.54) is 142 Å². The van der Waals surface area contributed by atoms with Gasteiger partial charge in [0, 0.05) is 54.5 Å². The summed E-state index contributed by atoms with van der Waals surface area (Å²) in [4.78, 5) is 0. The first-order valence-corrected chi connectivity index (χ1v) is 24.2. The fourth-order valence-electron chi connectivity index (χ4n) is 11.8. The summed E-state index contributed by atoms with van der Waals surface area (Å²) in [6, 6.07) is 81.7. The Morgan fingerprint density at radius 3 is 1.13 bits per heavy atom. The molecule has 11 aromatic carbocycles. The number of hydrogen-bond acceptors (Lipinski definition) is 0. The lowest BCUT2D eigenvalue weighted by Crippen LogP contribution is -2.10. The molecular formula is C66H45N3. The van der Waals surface area contributed by atoms with Gasteiger partial charge in [-0.15, -0.1) is 0 Å². The third-order valence-electron chi connectivity index (χ3n) is 15.2. The van der Waals surface area contributed by atoms with Gasteiger partial charge in [-0.2, -0.15) is 0 Å². The van der Waals surface area contributed by atoms with Gasteiger partial charge in [-0.05, 0) is 164 Å². The van der Waals surface area contributed by atoms with Gasteiger partial charge in [0.25, 0.3) is 0 Å². The molecule has 0 unspecified atom stereocenters. The Morgan fingerprint density at radius 2 is 0.667 bits per heavy atom. The summed E-state index contributed by atoms with van der Waals surface area (Å²) >= 11 is 0. The Labute approximate surface area is 398 Å². The number of fused-ring (bicyclic) bond motifs is 14. The van der Waals surface area contributed by atoms with Gasteiger partial charge in [0.05, 0.1) is 38.6 Å². The van der Waals surface area contributed by atoms with E-state index in [2.05, 4.69) is 253 Å². The van der Waals surface area contributed by atoms with Crippen LogP contribution in [0, 0.1) is 0 Å². The molecule has 4 aromatic heterocycles. The first-order chi connectivity index (χ1) is 33.8. The van der Waals surface area contributed by atoms with E-state index in [9.17, 15) is 0 Å². The highest BCUT2D eigenvalue weighted by Crippen LogP contribution is 2.45. The number of aromatic nitrogens is 3. The Hall–Kier alpha value is -8.66. The molecule has 0 saturated heterocycles. The minimum atomic E-state index is -0.0115. The summed E-state index contributed by atoms with van der Waals surface area (Å²) in [5, 5.41) is 15.3. The van der Waals surface area contributed by atoms with E-state index in [4.69, 9.17) is 0 Å². The number of rotatable bonds is 4. The maximum absolute atomic E-state index is 2.56. The van der Waals surface area contributed by atoms with E-state index in [1.54, 1.807) is 0 Å². The first-order valence-electron chi connectivity index (χ1n) is 24.2. The smallest absolute Gasteiger partial charge is 0.0620 e. The first kappa shape index (κ1) is 38.4. The van der Waals surface area contributed by atoms with Crippen molar-refractivity contribution in [3.05, 3.63) is 224 Å². The van der Waals surface area contributed by atoms with Gasteiger partial charge in [-0.3, -0.25) is 0 Å². The quantitative estimate of drug-likeness (QED) is 0.167. The molecule has 4 heterocycles. The summed E-state index contributed by atoms with van der Waals surface area (Å²) in [5.74, 6) is 0. The van der Waals surface area contributed by atoms with Gasteiger partial charge in [0.2, 0.25) is 0 Å². The predicted molar refractivity (Wildman–Crippen MR) is 294 cm³/mol. The molecule has 0 bridgehead atoms. The molecule has 15 rings (SSSR count). The molecule has 69 heavy (non-hydrogen) atoms. The molecule has 0 atom stereocenters. The largest absolute Gasteiger partial charge is 0.309 e. The van der Waals surface area contributed by atoms with E-state index >= 15 is 0 Å². The lowest BCUT2D eigenvalue weighted by Gasteiger charge is -2.19. The van der Waals surface area contributed by atoms with Crippen molar-refractivity contribution >= 4 is 103 Å². The molecule has 3 heteroatoms. The Morgan fingerprint density at radius 1 is 0.275 bits per heavy atom. The predicted octanol–water partition coefficient (Wildman–Crippen LogP) is 18.0. The lowest BCUT2D eigenvalue weighted by molar-refractivity contribution is 0.592. The second-order valence-corrected chi connectivity index (χ2v) is 20.2. The summed E-state index contributed by atoms with van der Waals surface area (Å²) in [5.41, 5.74) is 17.2. The molecule has 0 aliphatic heterocycles. The number of para-hydroxylation sites is 4. The highest BCUT2D eigenvalue weighted by atomic mass is 15.0. The monoisotopic (exact) mass is 879 g/mol. The van der Waals surface area contributed by atoms with Crippen LogP contribution in [-0.2, 0) is 5.41 Å². The van der Waals surface area contributed by atoms with E-state index in [1.807, 2.05) is 0 Å². The number of benzene rings is 11. The maximum Gasteiger partial charge on any atom is 0.0620 e.